The average molecular weight is 435 g/mol. The van der Waals surface area contributed by atoms with Crippen molar-refractivity contribution < 1.29 is 4.79 Å². The summed E-state index contributed by atoms with van der Waals surface area (Å²) in [6.45, 7) is 0. The Hall–Kier alpha value is -2.76. The van der Waals surface area contributed by atoms with Gasteiger partial charge in [0.25, 0.3) is 0 Å². The third kappa shape index (κ3) is 3.99. The van der Waals surface area contributed by atoms with Crippen molar-refractivity contribution in [2.45, 2.75) is 0 Å². The van der Waals surface area contributed by atoms with Crippen LogP contribution in [0.15, 0.2) is 88.9 Å². The predicted molar refractivity (Wildman–Crippen MR) is 114 cm³/mol. The Kier molecular flexibility index (Phi) is 5.14. The molecule has 4 aromatic rings. The highest BCUT2D eigenvalue weighted by Gasteiger charge is 2.11. The number of carbonyl (C=O) groups is 1. The van der Waals surface area contributed by atoms with Crippen LogP contribution in [0, 0.1) is 0 Å². The molecule has 132 valence electrons. The van der Waals surface area contributed by atoms with Crippen molar-refractivity contribution in [1.82, 2.24) is 9.78 Å². The zero-order chi connectivity index (χ0) is 18.6. The van der Waals surface area contributed by atoms with Gasteiger partial charge in [0, 0.05) is 21.8 Å². The van der Waals surface area contributed by atoms with E-state index in [1.165, 1.54) is 11.3 Å². The maximum absolute atomic E-state index is 12.3. The number of hydrogen-bond acceptors (Lipinski definition) is 3. The van der Waals surface area contributed by atoms with E-state index in [2.05, 4.69) is 15.9 Å². The van der Waals surface area contributed by atoms with Crippen LogP contribution in [0.2, 0.25) is 0 Å². The molecule has 0 saturated heterocycles. The summed E-state index contributed by atoms with van der Waals surface area (Å²) in [5.41, 5.74) is 3.70. The molecule has 0 atom stereocenters. The molecule has 2 aromatic heterocycles. The predicted octanol–water partition coefficient (Wildman–Crippen LogP) is 6.26. The van der Waals surface area contributed by atoms with Crippen LogP contribution >= 0.6 is 27.3 Å². The second-order valence-corrected chi connectivity index (χ2v) is 7.76. The number of nitrogens with zero attached hydrogens (tertiary/aromatic N) is 2. The number of benzene rings is 2. The lowest BCUT2D eigenvalue weighted by Crippen LogP contribution is -1.93. The van der Waals surface area contributed by atoms with Gasteiger partial charge in [-0.15, -0.1) is 11.3 Å². The molecular weight excluding hydrogens is 420 g/mol. The van der Waals surface area contributed by atoms with E-state index in [0.29, 0.717) is 0 Å². The fourth-order valence-electron chi connectivity index (χ4n) is 2.72. The van der Waals surface area contributed by atoms with Crippen molar-refractivity contribution in [3.63, 3.8) is 0 Å². The third-order valence-corrected chi connectivity index (χ3v) is 5.47. The molecule has 0 fully saturated rings. The van der Waals surface area contributed by atoms with Crippen LogP contribution in [0.4, 0.5) is 0 Å². The molecule has 0 amide bonds. The summed E-state index contributed by atoms with van der Waals surface area (Å²) in [5, 5.41) is 6.67. The monoisotopic (exact) mass is 434 g/mol. The number of aromatic nitrogens is 2. The van der Waals surface area contributed by atoms with Crippen molar-refractivity contribution >= 4 is 39.1 Å². The first-order chi connectivity index (χ1) is 13.2. The SMILES string of the molecule is O=C(/C=C\c1cn(-c2ccccc2)nc1-c1ccc(Br)cc1)c1cccs1. The summed E-state index contributed by atoms with van der Waals surface area (Å²) in [6, 6.07) is 21.7. The molecule has 0 unspecified atom stereocenters. The molecule has 4 rings (SSSR count). The van der Waals surface area contributed by atoms with Gasteiger partial charge in [-0.2, -0.15) is 5.10 Å². The zero-order valence-corrected chi connectivity index (χ0v) is 16.7. The van der Waals surface area contributed by atoms with Crippen LogP contribution in [-0.2, 0) is 0 Å². The van der Waals surface area contributed by atoms with E-state index in [0.717, 1.165) is 31.9 Å². The number of para-hydroxylation sites is 1. The lowest BCUT2D eigenvalue weighted by molar-refractivity contribution is 0.105. The molecule has 0 N–H and O–H groups in total. The van der Waals surface area contributed by atoms with Crippen LogP contribution in [0.25, 0.3) is 23.0 Å². The Balaban J connectivity index is 1.75. The largest absolute Gasteiger partial charge is 0.288 e. The average Bonchev–Trinajstić information content (AvgIpc) is 3.38. The number of allylic oxidation sites excluding steroid dienone is 1. The van der Waals surface area contributed by atoms with Gasteiger partial charge in [-0.25, -0.2) is 4.68 Å². The molecule has 2 heterocycles. The Morgan fingerprint density at radius 3 is 2.48 bits per heavy atom. The van der Waals surface area contributed by atoms with E-state index in [1.807, 2.05) is 89.1 Å². The Morgan fingerprint density at radius 1 is 1.00 bits per heavy atom. The summed E-state index contributed by atoms with van der Waals surface area (Å²) in [4.78, 5) is 13.1. The standard InChI is InChI=1S/C22H15BrN2OS/c23-18-11-8-16(9-12-18)22-17(10-13-20(26)21-7-4-14-27-21)15-25(24-22)19-5-2-1-3-6-19/h1-15H/b13-10-. The van der Waals surface area contributed by atoms with Crippen LogP contribution in [0.3, 0.4) is 0 Å². The van der Waals surface area contributed by atoms with Gasteiger partial charge in [0.2, 0.25) is 0 Å². The number of rotatable bonds is 5. The van der Waals surface area contributed by atoms with Crippen molar-refractivity contribution in [2.24, 2.45) is 0 Å². The number of hydrogen-bond donors (Lipinski definition) is 0. The van der Waals surface area contributed by atoms with Gasteiger partial charge in [-0.3, -0.25) is 4.79 Å². The van der Waals surface area contributed by atoms with Gasteiger partial charge in [0.05, 0.1) is 16.3 Å². The Morgan fingerprint density at radius 2 is 1.78 bits per heavy atom. The second-order valence-electron chi connectivity index (χ2n) is 5.89. The molecule has 0 spiro atoms. The minimum atomic E-state index is -0.000725. The van der Waals surface area contributed by atoms with Crippen molar-refractivity contribution in [1.29, 1.82) is 0 Å². The minimum Gasteiger partial charge on any atom is -0.288 e. The number of thiophene rings is 1. The lowest BCUT2D eigenvalue weighted by Gasteiger charge is -2.00. The number of ketones is 1. The number of halogens is 1. The van der Waals surface area contributed by atoms with Gasteiger partial charge < -0.3 is 0 Å². The molecule has 0 saturated carbocycles. The third-order valence-electron chi connectivity index (χ3n) is 4.06. The molecule has 0 aliphatic heterocycles. The first kappa shape index (κ1) is 17.6. The summed E-state index contributed by atoms with van der Waals surface area (Å²) in [6.07, 6.45) is 5.40. The summed E-state index contributed by atoms with van der Waals surface area (Å²) < 4.78 is 2.85. The van der Waals surface area contributed by atoms with E-state index in [9.17, 15) is 4.79 Å². The topological polar surface area (TPSA) is 34.9 Å². The quantitative estimate of drug-likeness (QED) is 0.274. The van der Waals surface area contributed by atoms with Crippen LogP contribution < -0.4 is 0 Å². The van der Waals surface area contributed by atoms with Gasteiger partial charge in [0.1, 0.15) is 0 Å². The molecule has 0 radical (unpaired) electrons. The highest BCUT2D eigenvalue weighted by atomic mass is 79.9. The molecule has 0 bridgehead atoms. The normalized spacial score (nSPS) is 11.1. The minimum absolute atomic E-state index is 0.000725. The summed E-state index contributed by atoms with van der Waals surface area (Å²) in [7, 11) is 0. The van der Waals surface area contributed by atoms with Gasteiger partial charge in [-0.1, -0.05) is 52.3 Å². The Bertz CT molecular complexity index is 1080. The second kappa shape index (κ2) is 7.86. The highest BCUT2D eigenvalue weighted by Crippen LogP contribution is 2.26. The van der Waals surface area contributed by atoms with E-state index >= 15 is 0 Å². The molecule has 0 aliphatic rings. The van der Waals surface area contributed by atoms with Gasteiger partial charge in [0.15, 0.2) is 5.78 Å². The van der Waals surface area contributed by atoms with E-state index in [1.54, 1.807) is 6.08 Å². The van der Waals surface area contributed by atoms with Crippen LogP contribution in [0.1, 0.15) is 15.2 Å². The van der Waals surface area contributed by atoms with Crippen molar-refractivity contribution in [3.8, 4) is 16.9 Å². The van der Waals surface area contributed by atoms with Gasteiger partial charge >= 0.3 is 0 Å². The van der Waals surface area contributed by atoms with Crippen LogP contribution in [0.5, 0.6) is 0 Å². The fourth-order valence-corrected chi connectivity index (χ4v) is 3.63. The molecular formula is C22H15BrN2OS. The molecule has 5 heteroatoms. The molecule has 27 heavy (non-hydrogen) atoms. The smallest absolute Gasteiger partial charge is 0.195 e. The molecule has 2 aromatic carbocycles. The summed E-state index contributed by atoms with van der Waals surface area (Å²) >= 11 is 4.91. The van der Waals surface area contributed by atoms with Crippen molar-refractivity contribution in [3.05, 3.63) is 99.3 Å². The molecule has 0 aliphatic carbocycles. The first-order valence-corrected chi connectivity index (χ1v) is 10.0. The van der Waals surface area contributed by atoms with E-state index in [4.69, 9.17) is 5.10 Å². The van der Waals surface area contributed by atoms with Gasteiger partial charge in [-0.05, 0) is 47.9 Å². The van der Waals surface area contributed by atoms with Crippen molar-refractivity contribution in [2.75, 3.05) is 0 Å². The fraction of sp³-hybridized carbons (Fsp3) is 0. The summed E-state index contributed by atoms with van der Waals surface area (Å²) in [5.74, 6) is -0.000725. The maximum Gasteiger partial charge on any atom is 0.195 e. The van der Waals surface area contributed by atoms with E-state index in [-0.39, 0.29) is 5.78 Å². The highest BCUT2D eigenvalue weighted by molar-refractivity contribution is 9.10. The number of carbonyl (C=O) groups excluding carboxylic acids is 1. The Labute approximate surface area is 169 Å². The van der Waals surface area contributed by atoms with E-state index < -0.39 is 0 Å². The lowest BCUT2D eigenvalue weighted by atomic mass is 10.1. The maximum atomic E-state index is 12.3. The van der Waals surface area contributed by atoms with Crippen LogP contribution in [-0.4, -0.2) is 15.6 Å². The first-order valence-electron chi connectivity index (χ1n) is 8.38. The zero-order valence-electron chi connectivity index (χ0n) is 14.2. The molecule has 3 nitrogen and oxygen atoms in total.